The molecule has 0 aliphatic carbocycles. The summed E-state index contributed by atoms with van der Waals surface area (Å²) >= 11 is 1.38. The zero-order chi connectivity index (χ0) is 16.4. The third-order valence-electron chi connectivity index (χ3n) is 3.12. The maximum Gasteiger partial charge on any atom is 0.272 e. The highest BCUT2D eigenvalue weighted by atomic mass is 32.1. The summed E-state index contributed by atoms with van der Waals surface area (Å²) in [5.74, 6) is -0.618. The molecule has 0 unspecified atom stereocenters. The molecular weight excluding hydrogens is 316 g/mol. The number of nitrogens with zero attached hydrogens (tertiary/aromatic N) is 5. The van der Waals surface area contributed by atoms with Crippen molar-refractivity contribution >= 4 is 33.9 Å². The van der Waals surface area contributed by atoms with E-state index in [9.17, 15) is 9.59 Å². The van der Waals surface area contributed by atoms with Crippen molar-refractivity contribution in [1.29, 1.82) is 0 Å². The maximum absolute atomic E-state index is 12.5. The van der Waals surface area contributed by atoms with Gasteiger partial charge in [-0.05, 0) is 19.1 Å². The molecule has 0 radical (unpaired) electrons. The summed E-state index contributed by atoms with van der Waals surface area (Å²) in [6, 6.07) is 5.12. The molecule has 0 bridgehead atoms. The van der Waals surface area contributed by atoms with Gasteiger partial charge >= 0.3 is 0 Å². The molecule has 23 heavy (non-hydrogen) atoms. The van der Waals surface area contributed by atoms with E-state index in [1.165, 1.54) is 27.1 Å². The van der Waals surface area contributed by atoms with Crippen LogP contribution >= 0.6 is 11.3 Å². The van der Waals surface area contributed by atoms with E-state index in [-0.39, 0.29) is 18.4 Å². The lowest BCUT2D eigenvalue weighted by Crippen LogP contribution is -2.35. The number of amides is 2. The molecule has 0 fully saturated rings. The van der Waals surface area contributed by atoms with Crippen LogP contribution in [-0.2, 0) is 4.79 Å². The van der Waals surface area contributed by atoms with Gasteiger partial charge in [0.05, 0.1) is 6.54 Å². The third kappa shape index (κ3) is 3.19. The number of pyridine rings is 1. The molecule has 8 nitrogen and oxygen atoms in total. The summed E-state index contributed by atoms with van der Waals surface area (Å²) in [5.41, 5.74) is 0.923. The largest absolute Gasteiger partial charge is 0.331 e. The van der Waals surface area contributed by atoms with Crippen LogP contribution in [0.3, 0.4) is 0 Å². The van der Waals surface area contributed by atoms with Crippen LogP contribution in [0.4, 0.5) is 5.13 Å². The number of aryl methyl sites for hydroxylation is 1. The molecular formula is C14H14N6O2S. The van der Waals surface area contributed by atoms with Crippen LogP contribution < -0.4 is 5.32 Å². The molecule has 0 aliphatic heterocycles. The molecule has 2 amide bonds. The molecule has 118 valence electrons. The lowest BCUT2D eigenvalue weighted by molar-refractivity contribution is -0.116. The van der Waals surface area contributed by atoms with Crippen molar-refractivity contribution in [2.45, 2.75) is 6.92 Å². The summed E-state index contributed by atoms with van der Waals surface area (Å²) in [5, 5.41) is 7.21. The van der Waals surface area contributed by atoms with E-state index in [1.54, 1.807) is 31.4 Å². The Bertz CT molecular complexity index is 871. The Morgan fingerprint density at radius 1 is 1.35 bits per heavy atom. The van der Waals surface area contributed by atoms with E-state index in [1.807, 2.05) is 6.92 Å². The van der Waals surface area contributed by atoms with Gasteiger partial charge in [-0.3, -0.25) is 9.59 Å². The smallest absolute Gasteiger partial charge is 0.272 e. The van der Waals surface area contributed by atoms with Gasteiger partial charge in [0.1, 0.15) is 12.0 Å². The molecule has 3 heterocycles. The van der Waals surface area contributed by atoms with Crippen molar-refractivity contribution in [1.82, 2.24) is 24.5 Å². The van der Waals surface area contributed by atoms with Crippen LogP contribution in [0.25, 0.3) is 5.65 Å². The fourth-order valence-corrected chi connectivity index (χ4v) is 2.74. The van der Waals surface area contributed by atoms with Crippen molar-refractivity contribution in [3.63, 3.8) is 0 Å². The average Bonchev–Trinajstić information content (AvgIpc) is 3.14. The first kappa shape index (κ1) is 15.1. The zero-order valence-corrected chi connectivity index (χ0v) is 13.4. The van der Waals surface area contributed by atoms with Gasteiger partial charge in [0.15, 0.2) is 10.8 Å². The Balaban J connectivity index is 1.70. The molecule has 0 spiro atoms. The second kappa shape index (κ2) is 6.13. The molecule has 0 saturated heterocycles. The van der Waals surface area contributed by atoms with E-state index in [4.69, 9.17) is 0 Å². The number of hydrogen-bond donors (Lipinski definition) is 1. The van der Waals surface area contributed by atoms with Gasteiger partial charge in [0.25, 0.3) is 5.91 Å². The summed E-state index contributed by atoms with van der Waals surface area (Å²) in [6.07, 6.45) is 3.06. The molecule has 0 aromatic carbocycles. The van der Waals surface area contributed by atoms with Gasteiger partial charge in [-0.1, -0.05) is 6.07 Å². The number of aromatic nitrogens is 4. The van der Waals surface area contributed by atoms with E-state index < -0.39 is 0 Å². The van der Waals surface area contributed by atoms with Crippen LogP contribution in [0.1, 0.15) is 15.4 Å². The van der Waals surface area contributed by atoms with Gasteiger partial charge in [-0.2, -0.15) is 5.10 Å². The number of carbonyl (C=O) groups is 2. The molecule has 0 saturated carbocycles. The van der Waals surface area contributed by atoms with E-state index >= 15 is 0 Å². The molecule has 9 heteroatoms. The predicted molar refractivity (Wildman–Crippen MR) is 85.4 cm³/mol. The summed E-state index contributed by atoms with van der Waals surface area (Å²) in [4.78, 5) is 34.9. The minimum Gasteiger partial charge on any atom is -0.331 e. The molecule has 1 N–H and O–H groups in total. The number of nitrogens with one attached hydrogen (secondary N) is 1. The highest BCUT2D eigenvalue weighted by molar-refractivity contribution is 7.15. The van der Waals surface area contributed by atoms with Crippen LogP contribution in [-0.4, -0.2) is 49.9 Å². The first-order chi connectivity index (χ1) is 11.0. The Hall–Kier alpha value is -2.81. The first-order valence-corrected chi connectivity index (χ1v) is 7.63. The Labute approximate surface area is 135 Å². The predicted octanol–water partition coefficient (Wildman–Crippen LogP) is 1.20. The molecule has 3 rings (SSSR count). The average molecular weight is 330 g/mol. The standard InChI is InChI=1S/C14H14N6O2S/c1-9-6-15-14(23-9)18-12(21)7-19(2)13(22)10-4-3-5-11-16-8-17-20(10)11/h3-6,8H,7H2,1-2H3,(H,15,18,21). The van der Waals surface area contributed by atoms with Crippen LogP contribution in [0.15, 0.2) is 30.7 Å². The van der Waals surface area contributed by atoms with Crippen LogP contribution in [0.2, 0.25) is 0 Å². The Morgan fingerprint density at radius 2 is 2.17 bits per heavy atom. The van der Waals surface area contributed by atoms with Gasteiger partial charge in [-0.15, -0.1) is 11.3 Å². The maximum atomic E-state index is 12.5. The highest BCUT2D eigenvalue weighted by Gasteiger charge is 2.18. The SMILES string of the molecule is Cc1cnc(NC(=O)CN(C)C(=O)c2cccc3ncnn23)s1. The quantitative estimate of drug-likeness (QED) is 0.776. The van der Waals surface area contributed by atoms with Crippen molar-refractivity contribution < 1.29 is 9.59 Å². The van der Waals surface area contributed by atoms with Crippen LogP contribution in [0, 0.1) is 6.92 Å². The lowest BCUT2D eigenvalue weighted by atomic mass is 10.3. The molecule has 3 aromatic rings. The second-order valence-corrected chi connectivity index (χ2v) is 6.16. The van der Waals surface area contributed by atoms with E-state index in [2.05, 4.69) is 20.4 Å². The number of fused-ring (bicyclic) bond motifs is 1. The third-order valence-corrected chi connectivity index (χ3v) is 3.94. The van der Waals surface area contributed by atoms with Crippen molar-refractivity contribution in [2.75, 3.05) is 18.9 Å². The Kier molecular flexibility index (Phi) is 4.02. The van der Waals surface area contributed by atoms with Crippen molar-refractivity contribution in [3.8, 4) is 0 Å². The number of carbonyl (C=O) groups excluding carboxylic acids is 2. The monoisotopic (exact) mass is 330 g/mol. The van der Waals surface area contributed by atoms with E-state index in [0.717, 1.165) is 4.88 Å². The van der Waals surface area contributed by atoms with Crippen LogP contribution in [0.5, 0.6) is 0 Å². The highest BCUT2D eigenvalue weighted by Crippen LogP contribution is 2.16. The Morgan fingerprint density at radius 3 is 2.91 bits per heavy atom. The van der Waals surface area contributed by atoms with Crippen molar-refractivity contribution in [3.05, 3.63) is 41.3 Å². The fourth-order valence-electron chi connectivity index (χ4n) is 2.06. The minimum atomic E-state index is -0.313. The number of anilines is 1. The van der Waals surface area contributed by atoms with Gasteiger partial charge in [0.2, 0.25) is 5.91 Å². The second-order valence-electron chi connectivity index (χ2n) is 4.93. The zero-order valence-electron chi connectivity index (χ0n) is 12.6. The number of rotatable bonds is 4. The lowest BCUT2D eigenvalue weighted by Gasteiger charge is -2.16. The summed E-state index contributed by atoms with van der Waals surface area (Å²) < 4.78 is 1.45. The minimum absolute atomic E-state index is 0.0808. The summed E-state index contributed by atoms with van der Waals surface area (Å²) in [7, 11) is 1.56. The topological polar surface area (TPSA) is 92.5 Å². The molecule has 0 aliphatic rings. The normalized spacial score (nSPS) is 10.7. The number of likely N-dealkylation sites (N-methyl/N-ethyl adjacent to an activating group) is 1. The number of hydrogen-bond acceptors (Lipinski definition) is 6. The fraction of sp³-hybridized carbons (Fsp3) is 0.214. The van der Waals surface area contributed by atoms with Crippen molar-refractivity contribution in [2.24, 2.45) is 0 Å². The van der Waals surface area contributed by atoms with Gasteiger partial charge in [-0.25, -0.2) is 14.5 Å². The molecule has 0 atom stereocenters. The van der Waals surface area contributed by atoms with Gasteiger partial charge in [0, 0.05) is 18.1 Å². The van der Waals surface area contributed by atoms with E-state index in [0.29, 0.717) is 16.5 Å². The first-order valence-electron chi connectivity index (χ1n) is 6.81. The number of thiazole rings is 1. The summed E-state index contributed by atoms with van der Waals surface area (Å²) in [6.45, 7) is 1.82. The molecule has 3 aromatic heterocycles. The van der Waals surface area contributed by atoms with Gasteiger partial charge < -0.3 is 10.2 Å².